The van der Waals surface area contributed by atoms with E-state index in [1.165, 1.54) is 6.07 Å². The summed E-state index contributed by atoms with van der Waals surface area (Å²) in [7, 11) is 0. The fourth-order valence-corrected chi connectivity index (χ4v) is 4.13. The van der Waals surface area contributed by atoms with E-state index in [1.54, 1.807) is 12.1 Å². The first kappa shape index (κ1) is 18.7. The van der Waals surface area contributed by atoms with E-state index in [1.807, 2.05) is 35.4 Å². The van der Waals surface area contributed by atoms with Crippen molar-refractivity contribution >= 4 is 16.8 Å². The van der Waals surface area contributed by atoms with Crippen LogP contribution in [0.1, 0.15) is 30.4 Å². The number of carbonyl (C=O) groups excluding carboxylic acids is 1. The van der Waals surface area contributed by atoms with Crippen molar-refractivity contribution in [2.75, 3.05) is 32.7 Å². The fourth-order valence-electron chi connectivity index (χ4n) is 4.13. The van der Waals surface area contributed by atoms with Crippen LogP contribution in [-0.2, 0) is 4.79 Å². The van der Waals surface area contributed by atoms with E-state index in [4.69, 9.17) is 0 Å². The van der Waals surface area contributed by atoms with Gasteiger partial charge in [0.1, 0.15) is 5.82 Å². The van der Waals surface area contributed by atoms with Crippen molar-refractivity contribution in [1.82, 2.24) is 14.8 Å². The van der Waals surface area contributed by atoms with E-state index in [9.17, 15) is 9.18 Å². The molecule has 0 spiro atoms. The van der Waals surface area contributed by atoms with Crippen LogP contribution in [0.2, 0.25) is 0 Å². The lowest BCUT2D eigenvalue weighted by Gasteiger charge is -2.34. The molecule has 1 atom stereocenters. The maximum Gasteiger partial charge on any atom is 0.223 e. The zero-order valence-electron chi connectivity index (χ0n) is 16.2. The molecule has 0 saturated carbocycles. The number of halogens is 1. The Morgan fingerprint density at radius 1 is 1.11 bits per heavy atom. The fraction of sp³-hybridized carbons (Fsp3) is 0.348. The first-order valence-electron chi connectivity index (χ1n) is 9.97. The highest BCUT2D eigenvalue weighted by Crippen LogP contribution is 2.34. The number of piperazine rings is 1. The van der Waals surface area contributed by atoms with Gasteiger partial charge in [0.15, 0.2) is 0 Å². The summed E-state index contributed by atoms with van der Waals surface area (Å²) in [4.78, 5) is 20.7. The van der Waals surface area contributed by atoms with Crippen molar-refractivity contribution in [2.24, 2.45) is 0 Å². The third-order valence-electron chi connectivity index (χ3n) is 5.80. The Kier molecular flexibility index (Phi) is 5.44. The van der Waals surface area contributed by atoms with Crippen molar-refractivity contribution in [3.63, 3.8) is 0 Å². The number of hydrogen-bond acceptors (Lipinski definition) is 2. The number of hydrogen-bond donors (Lipinski definition) is 1. The van der Waals surface area contributed by atoms with Crippen molar-refractivity contribution in [3.8, 4) is 0 Å². The van der Waals surface area contributed by atoms with Gasteiger partial charge in [-0.2, -0.15) is 0 Å². The lowest BCUT2D eigenvalue weighted by Crippen LogP contribution is -2.48. The second-order valence-electron chi connectivity index (χ2n) is 7.42. The molecule has 0 bridgehead atoms. The van der Waals surface area contributed by atoms with Gasteiger partial charge in [-0.3, -0.25) is 4.79 Å². The number of carbonyl (C=O) groups is 1. The number of benzene rings is 2. The third-order valence-corrected chi connectivity index (χ3v) is 5.80. The van der Waals surface area contributed by atoms with Gasteiger partial charge < -0.3 is 14.8 Å². The molecule has 1 fully saturated rings. The summed E-state index contributed by atoms with van der Waals surface area (Å²) in [5.74, 6) is -0.315. The van der Waals surface area contributed by atoms with E-state index >= 15 is 0 Å². The zero-order valence-corrected chi connectivity index (χ0v) is 16.2. The Morgan fingerprint density at radius 3 is 2.64 bits per heavy atom. The molecule has 146 valence electrons. The number of H-pyrrole nitrogens is 1. The number of rotatable bonds is 5. The van der Waals surface area contributed by atoms with Crippen LogP contribution >= 0.6 is 0 Å². The topological polar surface area (TPSA) is 39.3 Å². The molecule has 2 aromatic carbocycles. The molecule has 1 saturated heterocycles. The Labute approximate surface area is 165 Å². The lowest BCUT2D eigenvalue weighted by atomic mass is 9.87. The molecule has 1 N–H and O–H groups in total. The summed E-state index contributed by atoms with van der Waals surface area (Å²) in [6.45, 7) is 6.52. The number of nitrogens with zero attached hydrogens (tertiary/aromatic N) is 2. The molecule has 4 rings (SSSR count). The van der Waals surface area contributed by atoms with Crippen LogP contribution in [0.25, 0.3) is 10.9 Å². The molecule has 0 radical (unpaired) electrons. The Bertz CT molecular complexity index is 959. The van der Waals surface area contributed by atoms with Gasteiger partial charge in [-0.25, -0.2) is 4.39 Å². The van der Waals surface area contributed by atoms with E-state index in [0.717, 1.165) is 54.8 Å². The molecular formula is C23H26FN3O. The predicted molar refractivity (Wildman–Crippen MR) is 110 cm³/mol. The number of aromatic amines is 1. The maximum atomic E-state index is 13.9. The quantitative estimate of drug-likeness (QED) is 0.728. The minimum atomic E-state index is -0.272. The van der Waals surface area contributed by atoms with Crippen molar-refractivity contribution < 1.29 is 9.18 Å². The molecule has 1 unspecified atom stereocenters. The van der Waals surface area contributed by atoms with Gasteiger partial charge in [-0.15, -0.1) is 0 Å². The van der Waals surface area contributed by atoms with Crippen LogP contribution in [0.5, 0.6) is 0 Å². The van der Waals surface area contributed by atoms with Gasteiger partial charge in [-0.1, -0.05) is 37.3 Å². The van der Waals surface area contributed by atoms with Crippen molar-refractivity contribution in [2.45, 2.75) is 19.3 Å². The molecule has 2 heterocycles. The maximum absolute atomic E-state index is 13.9. The standard InChI is InChI=1S/C23H26FN3O/c1-2-26-10-12-27(13-11-26)23(28)15-20(17-6-5-7-18(24)14-17)21-16-25-22-9-4-3-8-19(21)22/h3-9,14,16,20,25H,2,10-13,15H2,1H3. The SMILES string of the molecule is CCN1CCN(C(=O)CC(c2cccc(F)c2)c2c[nH]c3ccccc23)CC1. The minimum Gasteiger partial charge on any atom is -0.361 e. The molecule has 5 heteroatoms. The monoisotopic (exact) mass is 379 g/mol. The van der Waals surface area contributed by atoms with Crippen LogP contribution in [0.15, 0.2) is 54.7 Å². The minimum absolute atomic E-state index is 0.135. The van der Waals surface area contributed by atoms with Crippen LogP contribution in [0.4, 0.5) is 4.39 Å². The third kappa shape index (κ3) is 3.80. The van der Waals surface area contributed by atoms with Gasteiger partial charge in [0, 0.05) is 55.6 Å². The van der Waals surface area contributed by atoms with Gasteiger partial charge >= 0.3 is 0 Å². The highest BCUT2D eigenvalue weighted by Gasteiger charge is 2.26. The average Bonchev–Trinajstić information content (AvgIpc) is 3.16. The van der Waals surface area contributed by atoms with Gasteiger partial charge in [0.25, 0.3) is 0 Å². The van der Waals surface area contributed by atoms with E-state index in [2.05, 4.69) is 22.9 Å². The summed E-state index contributed by atoms with van der Waals surface area (Å²) in [6, 6.07) is 14.7. The van der Waals surface area contributed by atoms with Crippen LogP contribution < -0.4 is 0 Å². The Morgan fingerprint density at radius 2 is 1.89 bits per heavy atom. The molecule has 1 aliphatic rings. The van der Waals surface area contributed by atoms with Crippen molar-refractivity contribution in [3.05, 3.63) is 71.7 Å². The second kappa shape index (κ2) is 8.15. The number of aromatic nitrogens is 1. The zero-order chi connectivity index (χ0) is 19.5. The van der Waals surface area contributed by atoms with E-state index in [0.29, 0.717) is 6.42 Å². The molecule has 1 aliphatic heterocycles. The molecule has 1 aromatic heterocycles. The summed E-state index contributed by atoms with van der Waals surface area (Å²) in [5.41, 5.74) is 2.91. The van der Waals surface area contributed by atoms with Crippen LogP contribution in [0, 0.1) is 5.82 Å². The number of amides is 1. The highest BCUT2D eigenvalue weighted by atomic mass is 19.1. The largest absolute Gasteiger partial charge is 0.361 e. The lowest BCUT2D eigenvalue weighted by molar-refractivity contribution is -0.133. The van der Waals surface area contributed by atoms with E-state index < -0.39 is 0 Å². The summed E-state index contributed by atoms with van der Waals surface area (Å²) in [6.07, 6.45) is 2.31. The molecule has 0 aliphatic carbocycles. The van der Waals surface area contributed by atoms with E-state index in [-0.39, 0.29) is 17.6 Å². The predicted octanol–water partition coefficient (Wildman–Crippen LogP) is 3.99. The normalized spacial score (nSPS) is 16.4. The highest BCUT2D eigenvalue weighted by molar-refractivity contribution is 5.86. The smallest absolute Gasteiger partial charge is 0.223 e. The molecule has 1 amide bonds. The molecule has 28 heavy (non-hydrogen) atoms. The summed E-state index contributed by atoms with van der Waals surface area (Å²) < 4.78 is 13.9. The van der Waals surface area contributed by atoms with Gasteiger partial charge in [0.05, 0.1) is 0 Å². The first-order valence-corrected chi connectivity index (χ1v) is 9.97. The summed E-state index contributed by atoms with van der Waals surface area (Å²) >= 11 is 0. The number of fused-ring (bicyclic) bond motifs is 1. The average molecular weight is 379 g/mol. The molecule has 3 aromatic rings. The van der Waals surface area contributed by atoms with Crippen LogP contribution in [-0.4, -0.2) is 53.4 Å². The Balaban J connectivity index is 1.63. The van der Waals surface area contributed by atoms with Gasteiger partial charge in [-0.05, 0) is 35.9 Å². The first-order chi connectivity index (χ1) is 13.7. The van der Waals surface area contributed by atoms with Gasteiger partial charge in [0.2, 0.25) is 5.91 Å². The van der Waals surface area contributed by atoms with Crippen LogP contribution in [0.3, 0.4) is 0 Å². The number of para-hydroxylation sites is 1. The Hall–Kier alpha value is -2.66. The number of likely N-dealkylation sites (N-methyl/N-ethyl adjacent to an activating group) is 1. The second-order valence-corrected chi connectivity index (χ2v) is 7.42. The molecule has 4 nitrogen and oxygen atoms in total. The molecular weight excluding hydrogens is 353 g/mol. The summed E-state index contributed by atoms with van der Waals surface area (Å²) in [5, 5.41) is 1.08. The van der Waals surface area contributed by atoms with Crippen molar-refractivity contribution in [1.29, 1.82) is 0 Å². The number of nitrogens with one attached hydrogen (secondary N) is 1.